The molecule has 0 radical (unpaired) electrons. The van der Waals surface area contributed by atoms with Crippen molar-refractivity contribution in [2.45, 2.75) is 24.9 Å². The van der Waals surface area contributed by atoms with Crippen LogP contribution in [0, 0.1) is 5.92 Å². The summed E-state index contributed by atoms with van der Waals surface area (Å²) in [7, 11) is 5.76. The molecule has 2 atom stereocenters. The van der Waals surface area contributed by atoms with Crippen LogP contribution in [0.3, 0.4) is 0 Å². The maximum atomic E-state index is 11.2. The van der Waals surface area contributed by atoms with E-state index in [1.54, 1.807) is 13.2 Å². The van der Waals surface area contributed by atoms with E-state index in [0.29, 0.717) is 0 Å². The van der Waals surface area contributed by atoms with E-state index < -0.39 is 5.60 Å². The second-order valence-corrected chi connectivity index (χ2v) is 6.33. The lowest BCUT2D eigenvalue weighted by Crippen LogP contribution is -2.45. The number of methoxy groups -OCH3 is 1. The predicted octanol–water partition coefficient (Wildman–Crippen LogP) is 3.36. The lowest BCUT2D eigenvalue weighted by molar-refractivity contribution is 0.0292. The summed E-state index contributed by atoms with van der Waals surface area (Å²) in [5.74, 6) is 1.02. The van der Waals surface area contributed by atoms with Crippen molar-refractivity contribution in [3.63, 3.8) is 0 Å². The molecule has 22 heavy (non-hydrogen) atoms. The summed E-state index contributed by atoms with van der Waals surface area (Å²) in [6.45, 7) is 4.76. The Bertz CT molecular complexity index is 550. The standard InChI is InChI=1S/C19H27NO2/c1-5-19(21)16(9-7-10-17(19)14-20(2)3)12-15-8-6-11-18(13-15)22-4/h5-6,8,11-13,17,21H,1,7,9-10,14H2,2-4H3/b16-12+. The molecule has 0 heterocycles. The molecule has 0 saturated heterocycles. The summed E-state index contributed by atoms with van der Waals surface area (Å²) < 4.78 is 5.28. The average molecular weight is 301 g/mol. The zero-order valence-electron chi connectivity index (χ0n) is 13.9. The molecule has 120 valence electrons. The lowest BCUT2D eigenvalue weighted by Gasteiger charge is -2.41. The van der Waals surface area contributed by atoms with Gasteiger partial charge in [-0.05, 0) is 56.6 Å². The highest BCUT2D eigenvalue weighted by Crippen LogP contribution is 2.40. The van der Waals surface area contributed by atoms with Gasteiger partial charge in [0.15, 0.2) is 0 Å². The third kappa shape index (κ3) is 3.60. The molecule has 0 aromatic heterocycles. The Morgan fingerprint density at radius 1 is 1.45 bits per heavy atom. The first-order chi connectivity index (χ1) is 10.5. The molecule has 0 aliphatic heterocycles. The number of hydrogen-bond acceptors (Lipinski definition) is 3. The molecule has 2 unspecified atom stereocenters. The Kier molecular flexibility index (Phi) is 5.43. The normalized spacial score (nSPS) is 27.1. The van der Waals surface area contributed by atoms with Gasteiger partial charge in [0, 0.05) is 12.5 Å². The first-order valence-electron chi connectivity index (χ1n) is 7.85. The highest BCUT2D eigenvalue weighted by atomic mass is 16.5. The molecule has 1 saturated carbocycles. The fourth-order valence-corrected chi connectivity index (χ4v) is 3.31. The van der Waals surface area contributed by atoms with Gasteiger partial charge in [-0.3, -0.25) is 0 Å². The van der Waals surface area contributed by atoms with Crippen LogP contribution in [-0.2, 0) is 0 Å². The maximum Gasteiger partial charge on any atom is 0.119 e. The molecule has 1 aromatic carbocycles. The Morgan fingerprint density at radius 3 is 2.86 bits per heavy atom. The molecular weight excluding hydrogens is 274 g/mol. The second kappa shape index (κ2) is 7.12. The molecule has 1 fully saturated rings. The van der Waals surface area contributed by atoms with Gasteiger partial charge in [0.25, 0.3) is 0 Å². The van der Waals surface area contributed by atoms with Gasteiger partial charge in [-0.15, -0.1) is 0 Å². The Hall–Kier alpha value is -1.58. The van der Waals surface area contributed by atoms with E-state index in [-0.39, 0.29) is 5.92 Å². The van der Waals surface area contributed by atoms with Gasteiger partial charge in [0.05, 0.1) is 7.11 Å². The molecule has 1 N–H and O–H groups in total. The SMILES string of the molecule is C=CC1(O)/C(=C/c2cccc(OC)c2)CCCC1CN(C)C. The summed E-state index contributed by atoms with van der Waals surface area (Å²) in [5.41, 5.74) is 1.18. The average Bonchev–Trinajstić information content (AvgIpc) is 2.51. The zero-order valence-corrected chi connectivity index (χ0v) is 13.9. The van der Waals surface area contributed by atoms with Crippen LogP contribution in [0.5, 0.6) is 5.75 Å². The summed E-state index contributed by atoms with van der Waals surface area (Å²) in [6, 6.07) is 7.93. The summed E-state index contributed by atoms with van der Waals surface area (Å²) >= 11 is 0. The second-order valence-electron chi connectivity index (χ2n) is 6.33. The monoisotopic (exact) mass is 301 g/mol. The van der Waals surface area contributed by atoms with E-state index >= 15 is 0 Å². The Balaban J connectivity index is 2.34. The number of nitrogens with zero attached hydrogens (tertiary/aromatic N) is 1. The van der Waals surface area contributed by atoms with Crippen molar-refractivity contribution in [3.05, 3.63) is 48.1 Å². The number of benzene rings is 1. The molecule has 1 aromatic rings. The number of rotatable bonds is 5. The third-order valence-corrected chi connectivity index (χ3v) is 4.47. The van der Waals surface area contributed by atoms with Gasteiger partial charge in [-0.25, -0.2) is 0 Å². The first-order valence-corrected chi connectivity index (χ1v) is 7.85. The maximum absolute atomic E-state index is 11.2. The Morgan fingerprint density at radius 2 is 2.23 bits per heavy atom. The highest BCUT2D eigenvalue weighted by molar-refractivity contribution is 5.58. The topological polar surface area (TPSA) is 32.7 Å². The van der Waals surface area contributed by atoms with E-state index in [4.69, 9.17) is 4.74 Å². The van der Waals surface area contributed by atoms with Gasteiger partial charge < -0.3 is 14.7 Å². The molecule has 1 aliphatic carbocycles. The van der Waals surface area contributed by atoms with Crippen molar-refractivity contribution in [3.8, 4) is 5.75 Å². The van der Waals surface area contributed by atoms with Gasteiger partial charge in [0.1, 0.15) is 11.4 Å². The molecule has 1 aliphatic rings. The van der Waals surface area contributed by atoms with Crippen LogP contribution in [0.2, 0.25) is 0 Å². The van der Waals surface area contributed by atoms with E-state index in [9.17, 15) is 5.11 Å². The van der Waals surface area contributed by atoms with Crippen molar-refractivity contribution in [2.75, 3.05) is 27.7 Å². The van der Waals surface area contributed by atoms with Crippen LogP contribution in [0.25, 0.3) is 6.08 Å². The minimum Gasteiger partial charge on any atom is -0.497 e. The van der Waals surface area contributed by atoms with Crippen LogP contribution < -0.4 is 4.74 Å². The van der Waals surface area contributed by atoms with Crippen LogP contribution in [0.4, 0.5) is 0 Å². The molecule has 2 rings (SSSR count). The molecule has 0 bridgehead atoms. The van der Waals surface area contributed by atoms with Gasteiger partial charge in [-0.2, -0.15) is 0 Å². The zero-order chi connectivity index (χ0) is 16.2. The number of hydrogen-bond donors (Lipinski definition) is 1. The van der Waals surface area contributed by atoms with Crippen molar-refractivity contribution < 1.29 is 9.84 Å². The van der Waals surface area contributed by atoms with E-state index in [2.05, 4.69) is 17.6 Å². The van der Waals surface area contributed by atoms with E-state index in [0.717, 1.165) is 42.7 Å². The fraction of sp³-hybridized carbons (Fsp3) is 0.474. The van der Waals surface area contributed by atoms with Crippen molar-refractivity contribution >= 4 is 6.08 Å². The van der Waals surface area contributed by atoms with Crippen LogP contribution in [-0.4, -0.2) is 43.4 Å². The smallest absolute Gasteiger partial charge is 0.119 e. The highest BCUT2D eigenvalue weighted by Gasteiger charge is 2.40. The van der Waals surface area contributed by atoms with Gasteiger partial charge in [0.2, 0.25) is 0 Å². The minimum atomic E-state index is -0.925. The van der Waals surface area contributed by atoms with Crippen molar-refractivity contribution in [1.29, 1.82) is 0 Å². The fourth-order valence-electron chi connectivity index (χ4n) is 3.31. The summed E-state index contributed by atoms with van der Waals surface area (Å²) in [4.78, 5) is 2.13. The van der Waals surface area contributed by atoms with Crippen molar-refractivity contribution in [2.24, 2.45) is 5.92 Å². The quantitative estimate of drug-likeness (QED) is 0.847. The van der Waals surface area contributed by atoms with Crippen LogP contribution in [0.1, 0.15) is 24.8 Å². The lowest BCUT2D eigenvalue weighted by atomic mass is 9.71. The Labute approximate surface area is 133 Å². The van der Waals surface area contributed by atoms with Gasteiger partial charge in [-0.1, -0.05) is 30.9 Å². The van der Waals surface area contributed by atoms with E-state index in [1.807, 2.05) is 38.4 Å². The molecule has 0 amide bonds. The van der Waals surface area contributed by atoms with Crippen LogP contribution in [0.15, 0.2) is 42.5 Å². The first kappa shape index (κ1) is 16.8. The van der Waals surface area contributed by atoms with Crippen molar-refractivity contribution in [1.82, 2.24) is 4.90 Å². The van der Waals surface area contributed by atoms with Gasteiger partial charge >= 0.3 is 0 Å². The molecule has 3 nitrogen and oxygen atoms in total. The summed E-state index contributed by atoms with van der Waals surface area (Å²) in [5, 5.41) is 11.2. The van der Waals surface area contributed by atoms with E-state index in [1.165, 1.54) is 0 Å². The molecular formula is C19H27NO2. The number of ether oxygens (including phenoxy) is 1. The van der Waals surface area contributed by atoms with Crippen LogP contribution >= 0.6 is 0 Å². The largest absolute Gasteiger partial charge is 0.497 e. The minimum absolute atomic E-state index is 0.186. The third-order valence-electron chi connectivity index (χ3n) is 4.47. The molecule has 3 heteroatoms. The molecule has 0 spiro atoms. The predicted molar refractivity (Wildman–Crippen MR) is 92.0 cm³/mol. The summed E-state index contributed by atoms with van der Waals surface area (Å²) in [6.07, 6.45) is 6.84. The number of aliphatic hydroxyl groups is 1.